The second-order valence-corrected chi connectivity index (χ2v) is 4.29. The number of carbonyl (C=O) groups is 2. The zero-order valence-electron chi connectivity index (χ0n) is 11.4. The van der Waals surface area contributed by atoms with Crippen molar-refractivity contribution in [2.45, 2.75) is 51.4 Å². The molecule has 0 aromatic heterocycles. The largest absolute Gasteiger partial charge is 0.481 e. The summed E-state index contributed by atoms with van der Waals surface area (Å²) in [4.78, 5) is 35.5. The second kappa shape index (κ2) is 12.2. The van der Waals surface area contributed by atoms with E-state index in [4.69, 9.17) is 9.84 Å². The smallest absolute Gasteiger partial charge is 0.305 e. The van der Waals surface area contributed by atoms with Gasteiger partial charge >= 0.3 is 11.9 Å². The molecule has 0 aliphatic heterocycles. The van der Waals surface area contributed by atoms with Crippen molar-refractivity contribution in [3.63, 3.8) is 0 Å². The van der Waals surface area contributed by atoms with Crippen molar-refractivity contribution in [3.05, 3.63) is 10.1 Å². The minimum absolute atomic E-state index is 0.0472. The number of rotatable bonds is 13. The highest BCUT2D eigenvalue weighted by molar-refractivity contribution is 5.69. The third-order valence-corrected chi connectivity index (χ3v) is 2.52. The number of nitrogens with zero attached hydrogens (tertiary/aromatic N) is 1. The molecule has 0 bridgehead atoms. The molecule has 0 aromatic rings. The predicted octanol–water partition coefficient (Wildman–Crippen LogP) is 1.94. The molecule has 0 spiro atoms. The first-order valence-corrected chi connectivity index (χ1v) is 6.67. The van der Waals surface area contributed by atoms with Crippen LogP contribution in [0.4, 0.5) is 0 Å². The summed E-state index contributed by atoms with van der Waals surface area (Å²) in [5.41, 5.74) is 0. The fourth-order valence-electron chi connectivity index (χ4n) is 1.50. The molecule has 8 nitrogen and oxygen atoms in total. The molecule has 0 amide bonds. The van der Waals surface area contributed by atoms with Crippen LogP contribution in [-0.2, 0) is 19.2 Å². The van der Waals surface area contributed by atoms with Crippen molar-refractivity contribution < 1.29 is 29.4 Å². The minimum Gasteiger partial charge on any atom is -0.481 e. The maximum Gasteiger partial charge on any atom is 0.305 e. The zero-order valence-corrected chi connectivity index (χ0v) is 11.4. The second-order valence-electron chi connectivity index (χ2n) is 4.29. The van der Waals surface area contributed by atoms with Gasteiger partial charge in [-0.1, -0.05) is 6.42 Å². The van der Waals surface area contributed by atoms with Crippen LogP contribution in [0.2, 0.25) is 0 Å². The van der Waals surface area contributed by atoms with Gasteiger partial charge < -0.3 is 14.7 Å². The van der Waals surface area contributed by atoms with E-state index < -0.39 is 11.1 Å². The van der Waals surface area contributed by atoms with Gasteiger partial charge in [-0.05, 0) is 32.1 Å². The van der Waals surface area contributed by atoms with Crippen LogP contribution in [-0.4, -0.2) is 35.3 Å². The van der Waals surface area contributed by atoms with E-state index in [9.17, 15) is 19.7 Å². The Hall–Kier alpha value is -1.86. The van der Waals surface area contributed by atoms with Gasteiger partial charge in [0, 0.05) is 12.8 Å². The lowest BCUT2D eigenvalue weighted by atomic mass is 10.2. The van der Waals surface area contributed by atoms with Crippen LogP contribution < -0.4 is 0 Å². The average molecular weight is 291 g/mol. The van der Waals surface area contributed by atoms with Crippen molar-refractivity contribution in [2.75, 3.05) is 13.2 Å². The standard InChI is InChI=1S/C12H21NO7/c14-11(15)7-3-1-5-9-19-12(16)8-4-2-6-10-20-13(17)18/h1-10H2,(H,14,15). The third-order valence-electron chi connectivity index (χ3n) is 2.52. The van der Waals surface area contributed by atoms with E-state index in [0.29, 0.717) is 38.7 Å². The lowest BCUT2D eigenvalue weighted by Gasteiger charge is -2.04. The zero-order chi connectivity index (χ0) is 15.2. The Morgan fingerprint density at radius 3 is 2.15 bits per heavy atom. The molecule has 0 saturated heterocycles. The van der Waals surface area contributed by atoms with Gasteiger partial charge in [-0.3, -0.25) is 9.59 Å². The molecule has 0 rings (SSSR count). The van der Waals surface area contributed by atoms with Crippen LogP contribution in [0.1, 0.15) is 51.4 Å². The van der Waals surface area contributed by atoms with Gasteiger partial charge in [-0.15, -0.1) is 10.1 Å². The average Bonchev–Trinajstić information content (AvgIpc) is 2.37. The Bertz CT molecular complexity index is 278. The van der Waals surface area contributed by atoms with Gasteiger partial charge in [0.15, 0.2) is 0 Å². The summed E-state index contributed by atoms with van der Waals surface area (Å²) in [5.74, 6) is -1.11. The summed E-state index contributed by atoms with van der Waals surface area (Å²) in [6.07, 6.45) is 4.20. The maximum atomic E-state index is 11.3. The molecule has 116 valence electrons. The highest BCUT2D eigenvalue weighted by atomic mass is 16.9. The van der Waals surface area contributed by atoms with E-state index >= 15 is 0 Å². The summed E-state index contributed by atoms with van der Waals surface area (Å²) < 4.78 is 4.97. The van der Waals surface area contributed by atoms with Gasteiger partial charge in [-0.2, -0.15) is 0 Å². The number of carboxylic acid groups (broad SMARTS) is 1. The van der Waals surface area contributed by atoms with Crippen molar-refractivity contribution in [1.29, 1.82) is 0 Å². The molecule has 0 radical (unpaired) electrons. The highest BCUT2D eigenvalue weighted by Crippen LogP contribution is 2.04. The van der Waals surface area contributed by atoms with Crippen LogP contribution in [0, 0.1) is 10.1 Å². The highest BCUT2D eigenvalue weighted by Gasteiger charge is 2.03. The molecule has 1 N–H and O–H groups in total. The van der Waals surface area contributed by atoms with E-state index in [-0.39, 0.29) is 25.4 Å². The molecular formula is C12H21NO7. The van der Waals surface area contributed by atoms with E-state index in [1.807, 2.05) is 0 Å². The normalized spacial score (nSPS) is 10.0. The minimum atomic E-state index is -0.835. The summed E-state index contributed by atoms with van der Waals surface area (Å²) >= 11 is 0. The van der Waals surface area contributed by atoms with Gasteiger partial charge in [0.05, 0.1) is 13.2 Å². The first-order chi connectivity index (χ1) is 9.52. The molecule has 8 heteroatoms. The van der Waals surface area contributed by atoms with Crippen LogP contribution in [0.5, 0.6) is 0 Å². The first-order valence-electron chi connectivity index (χ1n) is 6.67. The van der Waals surface area contributed by atoms with Crippen molar-refractivity contribution >= 4 is 11.9 Å². The van der Waals surface area contributed by atoms with E-state index in [1.54, 1.807) is 0 Å². The molecule has 0 fully saturated rings. The molecule has 20 heavy (non-hydrogen) atoms. The first kappa shape index (κ1) is 18.1. The molecule has 0 saturated carbocycles. The molecule has 0 heterocycles. The van der Waals surface area contributed by atoms with Crippen LogP contribution in [0.25, 0.3) is 0 Å². The van der Waals surface area contributed by atoms with Gasteiger partial charge in [0.25, 0.3) is 5.09 Å². The fourth-order valence-corrected chi connectivity index (χ4v) is 1.50. The summed E-state index contributed by atoms with van der Waals surface area (Å²) in [6.45, 7) is 0.356. The van der Waals surface area contributed by atoms with Gasteiger partial charge in [0.1, 0.15) is 0 Å². The Morgan fingerprint density at radius 2 is 1.55 bits per heavy atom. The molecule has 0 unspecified atom stereocenters. The Balaban J connectivity index is 3.24. The van der Waals surface area contributed by atoms with Crippen molar-refractivity contribution in [3.8, 4) is 0 Å². The van der Waals surface area contributed by atoms with Crippen molar-refractivity contribution in [2.24, 2.45) is 0 Å². The van der Waals surface area contributed by atoms with E-state index in [1.165, 1.54) is 0 Å². The fraction of sp³-hybridized carbons (Fsp3) is 0.833. The van der Waals surface area contributed by atoms with Gasteiger partial charge in [0.2, 0.25) is 0 Å². The molecule has 0 aliphatic carbocycles. The van der Waals surface area contributed by atoms with Crippen LogP contribution in [0.3, 0.4) is 0 Å². The molecule has 0 aliphatic rings. The Labute approximate surface area is 117 Å². The number of aliphatic carboxylic acids is 1. The number of carboxylic acids is 1. The monoisotopic (exact) mass is 291 g/mol. The maximum absolute atomic E-state index is 11.3. The number of ether oxygens (including phenoxy) is 1. The summed E-state index contributed by atoms with van der Waals surface area (Å²) in [6, 6.07) is 0. The predicted molar refractivity (Wildman–Crippen MR) is 68.5 cm³/mol. The number of hydrogen-bond donors (Lipinski definition) is 1. The number of unbranched alkanes of at least 4 members (excludes halogenated alkanes) is 4. The number of esters is 1. The van der Waals surface area contributed by atoms with E-state index in [0.717, 1.165) is 6.42 Å². The SMILES string of the molecule is O=C(O)CCCCCOC(=O)CCCCCO[N+](=O)[O-]. The number of carbonyl (C=O) groups excluding carboxylic acids is 1. The third kappa shape index (κ3) is 14.2. The van der Waals surface area contributed by atoms with Crippen LogP contribution >= 0.6 is 0 Å². The van der Waals surface area contributed by atoms with Crippen molar-refractivity contribution in [1.82, 2.24) is 0 Å². The topological polar surface area (TPSA) is 116 Å². The number of hydrogen-bond acceptors (Lipinski definition) is 6. The summed E-state index contributed by atoms with van der Waals surface area (Å²) in [7, 11) is 0. The van der Waals surface area contributed by atoms with Gasteiger partial charge in [-0.25, -0.2) is 0 Å². The Morgan fingerprint density at radius 1 is 0.950 bits per heavy atom. The summed E-state index contributed by atoms with van der Waals surface area (Å²) in [5, 5.41) is 17.4. The van der Waals surface area contributed by atoms with Crippen LogP contribution in [0.15, 0.2) is 0 Å². The van der Waals surface area contributed by atoms with E-state index in [2.05, 4.69) is 4.84 Å². The Kier molecular flexibility index (Phi) is 11.1. The quantitative estimate of drug-likeness (QED) is 0.238. The molecule has 0 aromatic carbocycles. The molecular weight excluding hydrogens is 270 g/mol. The molecule has 0 atom stereocenters. The lowest BCUT2D eigenvalue weighted by Crippen LogP contribution is -2.06. The lowest BCUT2D eigenvalue weighted by molar-refractivity contribution is -0.757.